The normalized spacial score (nSPS) is 19.2. The van der Waals surface area contributed by atoms with Crippen molar-refractivity contribution >= 4 is 34.4 Å². The van der Waals surface area contributed by atoms with Crippen molar-refractivity contribution < 1.29 is 14.3 Å². The van der Waals surface area contributed by atoms with Crippen LogP contribution >= 0.6 is 11.6 Å². The highest BCUT2D eigenvalue weighted by molar-refractivity contribution is 6.30. The van der Waals surface area contributed by atoms with Gasteiger partial charge in [0.2, 0.25) is 5.43 Å². The van der Waals surface area contributed by atoms with Crippen molar-refractivity contribution in [3.05, 3.63) is 44.5 Å². The van der Waals surface area contributed by atoms with Crippen LogP contribution in [0.2, 0.25) is 0 Å². The number of pyridine rings is 2. The van der Waals surface area contributed by atoms with Gasteiger partial charge >= 0.3 is 5.97 Å². The smallest absolute Gasteiger partial charge is 0.341 e. The van der Waals surface area contributed by atoms with E-state index in [2.05, 4.69) is 4.98 Å². The minimum atomic E-state index is -1.33. The van der Waals surface area contributed by atoms with Gasteiger partial charge in [-0.15, -0.1) is 0 Å². The van der Waals surface area contributed by atoms with Crippen molar-refractivity contribution in [2.75, 3.05) is 24.5 Å². The number of halogens is 2. The number of anilines is 1. The zero-order valence-corrected chi connectivity index (χ0v) is 15.9. The molecule has 0 bridgehead atoms. The van der Waals surface area contributed by atoms with Crippen molar-refractivity contribution in [3.8, 4) is 0 Å². The number of hydrogen-bond acceptors (Lipinski definition) is 5. The summed E-state index contributed by atoms with van der Waals surface area (Å²) in [7, 11) is 0. The number of fused-ring (bicyclic) bond motifs is 1. The van der Waals surface area contributed by atoms with Crippen molar-refractivity contribution in [2.45, 2.75) is 31.7 Å². The lowest BCUT2D eigenvalue weighted by Gasteiger charge is -2.31. The van der Waals surface area contributed by atoms with E-state index in [0.29, 0.717) is 23.8 Å². The van der Waals surface area contributed by atoms with Crippen LogP contribution in [0.15, 0.2) is 27.7 Å². The van der Waals surface area contributed by atoms with Crippen molar-refractivity contribution in [1.29, 1.82) is 0 Å². The molecule has 0 amide bonds. The van der Waals surface area contributed by atoms with Gasteiger partial charge in [-0.2, -0.15) is 0 Å². The van der Waals surface area contributed by atoms with Crippen LogP contribution < -0.4 is 16.1 Å². The molecular weight excluding hydrogens is 387 g/mol. The molecule has 3 N–H and O–H groups in total. The lowest BCUT2D eigenvalue weighted by atomic mass is 10.0. The average molecular weight is 407 g/mol. The van der Waals surface area contributed by atoms with Crippen LogP contribution in [-0.4, -0.2) is 40.3 Å². The number of hydrogen-bond donors (Lipinski definition) is 2. The molecule has 148 valence electrons. The molecule has 2 fully saturated rings. The molecule has 2 aliphatic rings. The van der Waals surface area contributed by atoms with Gasteiger partial charge in [0, 0.05) is 36.9 Å². The van der Waals surface area contributed by atoms with Crippen LogP contribution in [0.5, 0.6) is 0 Å². The minimum Gasteiger partial charge on any atom is -0.477 e. The molecule has 0 spiro atoms. The van der Waals surface area contributed by atoms with Gasteiger partial charge < -0.3 is 20.3 Å². The second kappa shape index (κ2) is 7.18. The van der Waals surface area contributed by atoms with E-state index in [1.54, 1.807) is 9.47 Å². The Bertz CT molecular complexity index is 1060. The Morgan fingerprint density at radius 1 is 1.43 bits per heavy atom. The lowest BCUT2D eigenvalue weighted by Crippen LogP contribution is -2.33. The number of carboxylic acids is 1. The molecule has 0 aromatic carbocycles. The number of carbonyl (C=O) groups is 1. The van der Waals surface area contributed by atoms with Crippen LogP contribution in [0.25, 0.3) is 11.0 Å². The largest absolute Gasteiger partial charge is 0.477 e. The molecule has 28 heavy (non-hydrogen) atoms. The van der Waals surface area contributed by atoms with Crippen LogP contribution in [0.4, 0.5) is 10.2 Å². The highest BCUT2D eigenvalue weighted by atomic mass is 35.5. The fraction of sp³-hybridized carbons (Fsp3) is 0.421. The van der Waals surface area contributed by atoms with Gasteiger partial charge in [0.05, 0.1) is 5.39 Å². The molecule has 1 saturated carbocycles. The quantitative estimate of drug-likeness (QED) is 0.809. The Morgan fingerprint density at radius 3 is 2.82 bits per heavy atom. The van der Waals surface area contributed by atoms with Crippen molar-refractivity contribution in [1.82, 2.24) is 9.55 Å². The van der Waals surface area contributed by atoms with Gasteiger partial charge in [-0.05, 0) is 37.3 Å². The zero-order chi connectivity index (χ0) is 20.0. The molecule has 0 atom stereocenters. The monoisotopic (exact) mass is 406 g/mol. The highest BCUT2D eigenvalue weighted by Gasteiger charge is 2.29. The Hall–Kier alpha value is -2.45. The van der Waals surface area contributed by atoms with E-state index >= 15 is 0 Å². The van der Waals surface area contributed by atoms with E-state index < -0.39 is 17.2 Å². The number of carboxylic acid groups (broad SMARTS) is 1. The Balaban J connectivity index is 1.86. The van der Waals surface area contributed by atoms with E-state index in [-0.39, 0.29) is 29.4 Å². The SMILES string of the molecule is NCC(Cl)=C1CCCN(c2nc3c(cc2F)c(=O)c(C(=O)O)cn3C2CC2)C1. The summed E-state index contributed by atoms with van der Waals surface area (Å²) in [6, 6.07) is 1.18. The Morgan fingerprint density at radius 2 is 2.18 bits per heavy atom. The molecule has 1 saturated heterocycles. The molecule has 0 unspecified atom stereocenters. The van der Waals surface area contributed by atoms with Crippen molar-refractivity contribution in [2.24, 2.45) is 5.73 Å². The predicted octanol–water partition coefficient (Wildman–Crippen LogP) is 2.62. The van der Waals surface area contributed by atoms with E-state index in [4.69, 9.17) is 17.3 Å². The summed E-state index contributed by atoms with van der Waals surface area (Å²) in [5.74, 6) is -1.84. The van der Waals surface area contributed by atoms with Crippen molar-refractivity contribution in [3.63, 3.8) is 0 Å². The molecule has 1 aliphatic heterocycles. The Labute approximate surface area is 165 Å². The summed E-state index contributed by atoms with van der Waals surface area (Å²) >= 11 is 6.19. The maximum Gasteiger partial charge on any atom is 0.341 e. The van der Waals surface area contributed by atoms with Gasteiger partial charge in [0.1, 0.15) is 11.2 Å². The predicted molar refractivity (Wildman–Crippen MR) is 105 cm³/mol. The standard InChI is InChI=1S/C19H20ClFN4O3/c20-14(7-22)10-2-1-5-24(8-10)18-15(21)6-12-16(26)13(19(27)28)9-25(11-3-4-11)17(12)23-18/h6,9,11H,1-5,7-8,22H2,(H,27,28). The van der Waals surface area contributed by atoms with Gasteiger partial charge in [0.25, 0.3) is 0 Å². The number of aromatic nitrogens is 2. The van der Waals surface area contributed by atoms with Gasteiger partial charge in [-0.3, -0.25) is 4.79 Å². The van der Waals surface area contributed by atoms with Crippen LogP contribution in [0, 0.1) is 5.82 Å². The summed E-state index contributed by atoms with van der Waals surface area (Å²) in [6.07, 6.45) is 4.66. The third-order valence-electron chi connectivity index (χ3n) is 5.26. The fourth-order valence-electron chi connectivity index (χ4n) is 3.66. The maximum absolute atomic E-state index is 14.9. The van der Waals surface area contributed by atoms with E-state index in [0.717, 1.165) is 37.3 Å². The maximum atomic E-state index is 14.9. The second-order valence-electron chi connectivity index (χ2n) is 7.22. The second-order valence-corrected chi connectivity index (χ2v) is 7.67. The summed E-state index contributed by atoms with van der Waals surface area (Å²) in [6.45, 7) is 1.26. The fourth-order valence-corrected chi connectivity index (χ4v) is 3.82. The highest BCUT2D eigenvalue weighted by Crippen LogP contribution is 2.37. The molecule has 3 heterocycles. The first-order valence-corrected chi connectivity index (χ1v) is 9.58. The van der Waals surface area contributed by atoms with E-state index in [1.165, 1.54) is 6.20 Å². The first-order chi connectivity index (χ1) is 13.4. The molecule has 1 aliphatic carbocycles. The lowest BCUT2D eigenvalue weighted by molar-refractivity contribution is 0.0695. The zero-order valence-electron chi connectivity index (χ0n) is 15.1. The van der Waals surface area contributed by atoms with Gasteiger partial charge in [-0.1, -0.05) is 11.6 Å². The van der Waals surface area contributed by atoms with Gasteiger partial charge in [0.15, 0.2) is 11.6 Å². The summed E-state index contributed by atoms with van der Waals surface area (Å²) in [4.78, 5) is 30.2. The molecular formula is C19H20ClFN4O3. The topological polar surface area (TPSA) is 101 Å². The molecule has 9 heteroatoms. The Kier molecular flexibility index (Phi) is 4.84. The average Bonchev–Trinajstić information content (AvgIpc) is 3.52. The number of nitrogens with zero attached hydrogens (tertiary/aromatic N) is 3. The third kappa shape index (κ3) is 3.27. The molecule has 0 radical (unpaired) electrons. The molecule has 7 nitrogen and oxygen atoms in total. The number of nitrogens with two attached hydrogens (primary N) is 1. The van der Waals surface area contributed by atoms with E-state index in [9.17, 15) is 19.1 Å². The molecule has 2 aromatic heterocycles. The first-order valence-electron chi connectivity index (χ1n) is 9.20. The first kappa shape index (κ1) is 18.9. The van der Waals surface area contributed by atoms with Gasteiger partial charge in [-0.25, -0.2) is 14.2 Å². The molecule has 4 rings (SSSR count). The number of piperidine rings is 1. The summed E-state index contributed by atoms with van der Waals surface area (Å²) in [5.41, 5.74) is 5.80. The van der Waals surface area contributed by atoms with Crippen LogP contribution in [0.1, 0.15) is 42.1 Å². The van der Waals surface area contributed by atoms with Crippen LogP contribution in [0.3, 0.4) is 0 Å². The van der Waals surface area contributed by atoms with E-state index in [1.807, 2.05) is 0 Å². The molecule has 2 aromatic rings. The number of rotatable bonds is 4. The van der Waals surface area contributed by atoms with Crippen LogP contribution in [-0.2, 0) is 0 Å². The minimum absolute atomic E-state index is 0.0131. The third-order valence-corrected chi connectivity index (χ3v) is 5.68. The summed E-state index contributed by atoms with van der Waals surface area (Å²) < 4.78 is 16.6. The number of aromatic carboxylic acids is 1. The summed E-state index contributed by atoms with van der Waals surface area (Å²) in [5, 5.41) is 9.88.